The van der Waals surface area contributed by atoms with Gasteiger partial charge in [-0.25, -0.2) is 0 Å². The molecule has 0 saturated heterocycles. The molecule has 4 nitrogen and oxygen atoms in total. The lowest BCUT2D eigenvalue weighted by Crippen LogP contribution is -2.25. The van der Waals surface area contributed by atoms with Gasteiger partial charge in [0.05, 0.1) is 5.56 Å². The smallest absolute Gasteiger partial charge is 0.252 e. The number of carbonyl (C=O) groups is 1. The summed E-state index contributed by atoms with van der Waals surface area (Å²) in [5.41, 5.74) is 1.80. The van der Waals surface area contributed by atoms with E-state index in [1.54, 1.807) is 0 Å². The minimum absolute atomic E-state index is 0.000141. The molecular formula is C14H20N2O2S. The number of hydrogen-bond donors (Lipinski definition) is 1. The fourth-order valence-electron chi connectivity index (χ4n) is 2.50. The van der Waals surface area contributed by atoms with Crippen LogP contribution in [0.25, 0.3) is 0 Å². The molecule has 0 aliphatic heterocycles. The van der Waals surface area contributed by atoms with Crippen LogP contribution in [-0.2, 0) is 6.42 Å². The largest absolute Gasteiger partial charge is 0.352 e. The minimum atomic E-state index is -0.240. The van der Waals surface area contributed by atoms with Crippen LogP contribution < -0.4 is 5.32 Å². The molecule has 0 fully saturated rings. The topological polar surface area (TPSA) is 58.5 Å². The quantitative estimate of drug-likeness (QED) is 0.636. The highest BCUT2D eigenvalue weighted by Crippen LogP contribution is 2.38. The summed E-state index contributed by atoms with van der Waals surface area (Å²) < 4.78 is 0. The highest BCUT2D eigenvalue weighted by atomic mass is 32.1. The molecule has 19 heavy (non-hydrogen) atoms. The van der Waals surface area contributed by atoms with E-state index >= 15 is 0 Å². The predicted molar refractivity (Wildman–Crippen MR) is 77.7 cm³/mol. The summed E-state index contributed by atoms with van der Waals surface area (Å²) in [5, 5.41) is 8.02. The summed E-state index contributed by atoms with van der Waals surface area (Å²) in [4.78, 5) is 23.9. The normalized spacial score (nSPS) is 17.8. The molecule has 104 valence electrons. The fourth-order valence-corrected chi connectivity index (χ4v) is 3.67. The van der Waals surface area contributed by atoms with E-state index in [2.05, 4.69) is 17.4 Å². The van der Waals surface area contributed by atoms with Crippen molar-refractivity contribution in [3.8, 4) is 0 Å². The van der Waals surface area contributed by atoms with Gasteiger partial charge in [-0.3, -0.25) is 4.79 Å². The Kier molecular flexibility index (Phi) is 5.07. The first-order valence-corrected chi connectivity index (χ1v) is 7.86. The van der Waals surface area contributed by atoms with Gasteiger partial charge in [-0.15, -0.1) is 11.3 Å². The fraction of sp³-hybridized carbons (Fsp3) is 0.643. The summed E-state index contributed by atoms with van der Waals surface area (Å²) >= 11 is 1.50. The molecule has 1 heterocycles. The van der Waals surface area contributed by atoms with E-state index in [-0.39, 0.29) is 11.9 Å². The number of unbranched alkanes of at least 4 members (excludes halogenated alkanes) is 2. The molecule has 0 radical (unpaired) electrons. The van der Waals surface area contributed by atoms with Gasteiger partial charge in [0.15, 0.2) is 0 Å². The maximum atomic E-state index is 12.1. The van der Waals surface area contributed by atoms with Crippen LogP contribution in [0.5, 0.6) is 0 Å². The molecule has 0 aromatic carbocycles. The van der Waals surface area contributed by atoms with Crippen LogP contribution in [0.2, 0.25) is 0 Å². The van der Waals surface area contributed by atoms with Gasteiger partial charge in [-0.1, -0.05) is 24.9 Å². The van der Waals surface area contributed by atoms with Crippen molar-refractivity contribution >= 4 is 17.2 Å². The number of rotatable bonds is 6. The predicted octanol–water partition coefficient (Wildman–Crippen LogP) is 3.81. The summed E-state index contributed by atoms with van der Waals surface area (Å²) in [7, 11) is 0. The zero-order chi connectivity index (χ0) is 13.7. The highest BCUT2D eigenvalue weighted by molar-refractivity contribution is 7.10. The minimum Gasteiger partial charge on any atom is -0.352 e. The first-order valence-electron chi connectivity index (χ1n) is 6.98. The van der Waals surface area contributed by atoms with E-state index in [0.29, 0.717) is 0 Å². The standard InChI is InChI=1S/C14H20N2O2S/c1-2-3-4-8-15-14(17)11-9-19-13-10(11)6-5-7-12(13)16-18/h9,12H,2-8H2,1H3,(H,15,17). The summed E-state index contributed by atoms with van der Waals surface area (Å²) in [6, 6.07) is -0.240. The van der Waals surface area contributed by atoms with E-state index in [1.807, 2.05) is 5.38 Å². The van der Waals surface area contributed by atoms with Crippen molar-refractivity contribution in [1.29, 1.82) is 0 Å². The second-order valence-corrected chi connectivity index (χ2v) is 5.88. The number of nitrogens with one attached hydrogen (secondary N) is 1. The van der Waals surface area contributed by atoms with Crippen LogP contribution in [0.4, 0.5) is 0 Å². The van der Waals surface area contributed by atoms with Crippen molar-refractivity contribution in [3.05, 3.63) is 26.3 Å². The third kappa shape index (κ3) is 3.21. The monoisotopic (exact) mass is 280 g/mol. The number of carbonyl (C=O) groups excluding carboxylic acids is 1. The van der Waals surface area contributed by atoms with Gasteiger partial charge in [0.1, 0.15) is 6.04 Å². The summed E-state index contributed by atoms with van der Waals surface area (Å²) in [6.45, 7) is 2.87. The van der Waals surface area contributed by atoms with Gasteiger partial charge in [-0.05, 0) is 31.2 Å². The first kappa shape index (κ1) is 14.2. The molecule has 1 aromatic rings. The molecule has 1 amide bonds. The third-order valence-electron chi connectivity index (χ3n) is 3.57. The van der Waals surface area contributed by atoms with Gasteiger partial charge < -0.3 is 5.32 Å². The third-order valence-corrected chi connectivity index (χ3v) is 4.70. The van der Waals surface area contributed by atoms with Crippen LogP contribution >= 0.6 is 11.3 Å². The molecule has 1 atom stereocenters. The molecule has 1 aromatic heterocycles. The van der Waals surface area contributed by atoms with Crippen LogP contribution in [0.15, 0.2) is 10.6 Å². The Morgan fingerprint density at radius 1 is 1.53 bits per heavy atom. The van der Waals surface area contributed by atoms with Crippen molar-refractivity contribution in [2.24, 2.45) is 5.18 Å². The molecule has 1 N–H and O–H groups in total. The summed E-state index contributed by atoms with van der Waals surface area (Å²) in [5.74, 6) is 0.000141. The van der Waals surface area contributed by atoms with Crippen LogP contribution in [0.1, 0.15) is 65.9 Å². The molecule has 0 saturated carbocycles. The maximum absolute atomic E-state index is 12.1. The molecule has 1 aliphatic carbocycles. The Hall–Kier alpha value is -1.23. The molecule has 2 rings (SSSR count). The number of nitroso groups, excluding NO2 is 1. The van der Waals surface area contributed by atoms with E-state index in [4.69, 9.17) is 0 Å². The van der Waals surface area contributed by atoms with E-state index in [9.17, 15) is 9.70 Å². The van der Waals surface area contributed by atoms with E-state index in [0.717, 1.165) is 61.1 Å². The van der Waals surface area contributed by atoms with Crippen LogP contribution in [-0.4, -0.2) is 12.5 Å². The lowest BCUT2D eigenvalue weighted by molar-refractivity contribution is 0.0952. The number of hydrogen-bond acceptors (Lipinski definition) is 4. The average Bonchev–Trinajstić information content (AvgIpc) is 2.87. The zero-order valence-corrected chi connectivity index (χ0v) is 12.1. The molecule has 0 bridgehead atoms. The van der Waals surface area contributed by atoms with Crippen molar-refractivity contribution < 1.29 is 4.79 Å². The molecule has 0 spiro atoms. The molecule has 5 heteroatoms. The number of thiophene rings is 1. The first-order chi connectivity index (χ1) is 9.27. The number of amides is 1. The van der Waals surface area contributed by atoms with Gasteiger partial charge in [0.2, 0.25) is 0 Å². The average molecular weight is 280 g/mol. The Morgan fingerprint density at radius 3 is 3.11 bits per heavy atom. The number of nitrogens with zero attached hydrogens (tertiary/aromatic N) is 1. The highest BCUT2D eigenvalue weighted by Gasteiger charge is 2.27. The lowest BCUT2D eigenvalue weighted by atomic mass is 9.92. The Bertz CT molecular complexity index is 456. The van der Waals surface area contributed by atoms with Gasteiger partial charge in [0.25, 0.3) is 5.91 Å². The van der Waals surface area contributed by atoms with Gasteiger partial charge in [0, 0.05) is 16.8 Å². The van der Waals surface area contributed by atoms with Crippen LogP contribution in [0, 0.1) is 4.91 Å². The van der Waals surface area contributed by atoms with E-state index in [1.165, 1.54) is 11.3 Å². The van der Waals surface area contributed by atoms with Crippen LogP contribution in [0.3, 0.4) is 0 Å². The van der Waals surface area contributed by atoms with Gasteiger partial charge in [-0.2, -0.15) is 4.91 Å². The Balaban J connectivity index is 2.03. The second-order valence-electron chi connectivity index (χ2n) is 4.97. The number of fused-ring (bicyclic) bond motifs is 1. The van der Waals surface area contributed by atoms with Gasteiger partial charge >= 0.3 is 0 Å². The Morgan fingerprint density at radius 2 is 2.37 bits per heavy atom. The van der Waals surface area contributed by atoms with Crippen molar-refractivity contribution in [2.45, 2.75) is 51.5 Å². The molecule has 1 aliphatic rings. The SMILES string of the molecule is CCCCCNC(=O)c1csc2c1CCCC2N=O. The van der Waals surface area contributed by atoms with Crippen molar-refractivity contribution in [3.63, 3.8) is 0 Å². The maximum Gasteiger partial charge on any atom is 0.252 e. The van der Waals surface area contributed by atoms with E-state index < -0.39 is 0 Å². The zero-order valence-electron chi connectivity index (χ0n) is 11.3. The molecule has 1 unspecified atom stereocenters. The van der Waals surface area contributed by atoms with Crippen molar-refractivity contribution in [1.82, 2.24) is 5.32 Å². The second kappa shape index (κ2) is 6.80. The van der Waals surface area contributed by atoms with Crippen molar-refractivity contribution in [2.75, 3.05) is 6.54 Å². The summed E-state index contributed by atoms with van der Waals surface area (Å²) in [6.07, 6.45) is 5.95. The molecular weight excluding hydrogens is 260 g/mol. The Labute approximate surface area is 117 Å². The lowest BCUT2D eigenvalue weighted by Gasteiger charge is -2.17.